The molecule has 0 aromatic carbocycles. The highest BCUT2D eigenvalue weighted by Gasteiger charge is 2.34. The van der Waals surface area contributed by atoms with Gasteiger partial charge < -0.3 is 5.11 Å². The maximum absolute atomic E-state index is 10.1. The van der Waals surface area contributed by atoms with Crippen molar-refractivity contribution in [1.29, 1.82) is 0 Å². The largest absolute Gasteiger partial charge is 0.393 e. The first-order chi connectivity index (χ1) is 7.45. The molecule has 0 saturated heterocycles. The van der Waals surface area contributed by atoms with E-state index in [0.29, 0.717) is 11.3 Å². The minimum Gasteiger partial charge on any atom is -0.393 e. The molecule has 3 atom stereocenters. The fraction of sp³-hybridized carbons (Fsp3) is 1.00. The van der Waals surface area contributed by atoms with Crippen LogP contribution in [0.3, 0.4) is 0 Å². The molecule has 1 rings (SSSR count). The van der Waals surface area contributed by atoms with Crippen LogP contribution in [-0.4, -0.2) is 11.2 Å². The molecule has 16 heavy (non-hydrogen) atoms. The monoisotopic (exact) mass is 226 g/mol. The molecule has 1 heteroatoms. The van der Waals surface area contributed by atoms with Crippen molar-refractivity contribution in [2.45, 2.75) is 78.7 Å². The highest BCUT2D eigenvalue weighted by molar-refractivity contribution is 4.85. The lowest BCUT2D eigenvalue weighted by molar-refractivity contribution is 0.0148. The molecule has 0 aliphatic heterocycles. The molecule has 0 radical (unpaired) electrons. The average Bonchev–Trinajstić information content (AvgIpc) is 2.19. The zero-order valence-electron chi connectivity index (χ0n) is 11.6. The second-order valence-corrected chi connectivity index (χ2v) is 6.70. The molecule has 0 amide bonds. The van der Waals surface area contributed by atoms with Crippen LogP contribution in [-0.2, 0) is 0 Å². The SMILES string of the molecule is CCCCCC1CC(C(C)(C)C)CCC1O. The molecule has 1 nitrogen and oxygen atoms in total. The third-order valence-corrected chi connectivity index (χ3v) is 4.35. The minimum absolute atomic E-state index is 0.0181. The van der Waals surface area contributed by atoms with E-state index in [-0.39, 0.29) is 6.10 Å². The van der Waals surface area contributed by atoms with Crippen LogP contribution in [0.1, 0.15) is 72.6 Å². The molecule has 3 unspecified atom stereocenters. The zero-order chi connectivity index (χ0) is 12.2. The predicted molar refractivity (Wildman–Crippen MR) is 70.4 cm³/mol. The second kappa shape index (κ2) is 6.05. The van der Waals surface area contributed by atoms with Crippen LogP contribution < -0.4 is 0 Å². The van der Waals surface area contributed by atoms with Gasteiger partial charge in [0.25, 0.3) is 0 Å². The van der Waals surface area contributed by atoms with Crippen LogP contribution in [0.2, 0.25) is 0 Å². The molecule has 1 N–H and O–H groups in total. The molecule has 1 fully saturated rings. The highest BCUT2D eigenvalue weighted by atomic mass is 16.3. The maximum atomic E-state index is 10.1. The van der Waals surface area contributed by atoms with Crippen molar-refractivity contribution in [3.63, 3.8) is 0 Å². The average molecular weight is 226 g/mol. The Kier molecular flexibility index (Phi) is 5.30. The van der Waals surface area contributed by atoms with Gasteiger partial charge >= 0.3 is 0 Å². The third kappa shape index (κ3) is 4.08. The first-order valence-corrected chi connectivity index (χ1v) is 7.13. The van der Waals surface area contributed by atoms with Gasteiger partial charge in [0, 0.05) is 0 Å². The Balaban J connectivity index is 2.42. The lowest BCUT2D eigenvalue weighted by Crippen LogP contribution is -2.34. The van der Waals surface area contributed by atoms with E-state index in [2.05, 4.69) is 27.7 Å². The first kappa shape index (κ1) is 14.0. The van der Waals surface area contributed by atoms with Crippen LogP contribution in [0.5, 0.6) is 0 Å². The molecule has 1 aliphatic carbocycles. The van der Waals surface area contributed by atoms with Crippen molar-refractivity contribution < 1.29 is 5.11 Å². The molecule has 0 bridgehead atoms. The number of aliphatic hydroxyl groups excluding tert-OH is 1. The summed E-state index contributed by atoms with van der Waals surface area (Å²) in [7, 11) is 0. The Labute approximate surface area is 102 Å². The van der Waals surface area contributed by atoms with E-state index in [1.165, 1.54) is 38.5 Å². The standard InChI is InChI=1S/C15H30O/c1-5-6-7-8-12-11-13(15(2,3)4)9-10-14(12)16/h12-14,16H,5-11H2,1-4H3. The van der Waals surface area contributed by atoms with E-state index >= 15 is 0 Å². The normalized spacial score (nSPS) is 31.7. The molecule has 0 heterocycles. The Morgan fingerprint density at radius 2 is 1.81 bits per heavy atom. The summed E-state index contributed by atoms with van der Waals surface area (Å²) in [5.74, 6) is 1.38. The molecule has 1 aliphatic rings. The van der Waals surface area contributed by atoms with Gasteiger partial charge in [0.1, 0.15) is 0 Å². The maximum Gasteiger partial charge on any atom is 0.0568 e. The van der Waals surface area contributed by atoms with Crippen molar-refractivity contribution >= 4 is 0 Å². The Bertz CT molecular complexity index is 192. The number of aliphatic hydroxyl groups is 1. The van der Waals surface area contributed by atoms with Crippen molar-refractivity contribution in [2.75, 3.05) is 0 Å². The molecule has 0 spiro atoms. The summed E-state index contributed by atoms with van der Waals surface area (Å²) >= 11 is 0. The van der Waals surface area contributed by atoms with Crippen molar-refractivity contribution in [3.8, 4) is 0 Å². The van der Waals surface area contributed by atoms with Gasteiger partial charge in [-0.2, -0.15) is 0 Å². The fourth-order valence-corrected chi connectivity index (χ4v) is 3.00. The summed E-state index contributed by atoms with van der Waals surface area (Å²) < 4.78 is 0. The van der Waals surface area contributed by atoms with E-state index < -0.39 is 0 Å². The van der Waals surface area contributed by atoms with Crippen LogP contribution in [0.15, 0.2) is 0 Å². The van der Waals surface area contributed by atoms with Gasteiger partial charge in [0.2, 0.25) is 0 Å². The summed E-state index contributed by atoms with van der Waals surface area (Å²) in [6, 6.07) is 0. The molecule has 0 aromatic rings. The number of hydrogen-bond donors (Lipinski definition) is 1. The second-order valence-electron chi connectivity index (χ2n) is 6.70. The van der Waals surface area contributed by atoms with E-state index in [1.807, 2.05) is 0 Å². The topological polar surface area (TPSA) is 20.2 Å². The fourth-order valence-electron chi connectivity index (χ4n) is 3.00. The number of hydrogen-bond acceptors (Lipinski definition) is 1. The van der Waals surface area contributed by atoms with Crippen LogP contribution in [0, 0.1) is 17.3 Å². The van der Waals surface area contributed by atoms with E-state index in [4.69, 9.17) is 0 Å². The van der Waals surface area contributed by atoms with Gasteiger partial charge in [-0.3, -0.25) is 0 Å². The van der Waals surface area contributed by atoms with E-state index in [1.54, 1.807) is 0 Å². The number of rotatable bonds is 4. The van der Waals surface area contributed by atoms with E-state index in [0.717, 1.165) is 12.3 Å². The lowest BCUT2D eigenvalue weighted by Gasteiger charge is -2.40. The van der Waals surface area contributed by atoms with Gasteiger partial charge in [-0.25, -0.2) is 0 Å². The highest BCUT2D eigenvalue weighted by Crippen LogP contribution is 2.41. The Morgan fingerprint density at radius 3 is 2.38 bits per heavy atom. The first-order valence-electron chi connectivity index (χ1n) is 7.13. The quantitative estimate of drug-likeness (QED) is 0.705. The van der Waals surface area contributed by atoms with Gasteiger partial charge in [0.05, 0.1) is 6.10 Å². The van der Waals surface area contributed by atoms with Gasteiger partial charge in [0.15, 0.2) is 0 Å². The van der Waals surface area contributed by atoms with Gasteiger partial charge in [-0.15, -0.1) is 0 Å². The van der Waals surface area contributed by atoms with Gasteiger partial charge in [-0.1, -0.05) is 47.0 Å². The van der Waals surface area contributed by atoms with Crippen LogP contribution in [0.4, 0.5) is 0 Å². The summed E-state index contributed by atoms with van der Waals surface area (Å²) in [5, 5.41) is 10.1. The van der Waals surface area contributed by atoms with Crippen LogP contribution in [0.25, 0.3) is 0 Å². The summed E-state index contributed by atoms with van der Waals surface area (Å²) in [5.41, 5.74) is 0.420. The third-order valence-electron chi connectivity index (χ3n) is 4.35. The smallest absolute Gasteiger partial charge is 0.0568 e. The summed E-state index contributed by atoms with van der Waals surface area (Å²) in [6.45, 7) is 9.28. The summed E-state index contributed by atoms with van der Waals surface area (Å²) in [4.78, 5) is 0. The lowest BCUT2D eigenvalue weighted by atomic mass is 9.67. The predicted octanol–water partition coefficient (Wildman–Crippen LogP) is 4.39. The minimum atomic E-state index is -0.0181. The van der Waals surface area contributed by atoms with Crippen molar-refractivity contribution in [2.24, 2.45) is 17.3 Å². The molecule has 0 aromatic heterocycles. The Morgan fingerprint density at radius 1 is 1.12 bits per heavy atom. The molecule has 96 valence electrons. The van der Waals surface area contributed by atoms with Crippen LogP contribution >= 0.6 is 0 Å². The molecular formula is C15H30O. The van der Waals surface area contributed by atoms with Crippen molar-refractivity contribution in [1.82, 2.24) is 0 Å². The van der Waals surface area contributed by atoms with Gasteiger partial charge in [-0.05, 0) is 42.9 Å². The van der Waals surface area contributed by atoms with E-state index in [9.17, 15) is 5.11 Å². The molecule has 1 saturated carbocycles. The zero-order valence-corrected chi connectivity index (χ0v) is 11.6. The van der Waals surface area contributed by atoms with Crippen molar-refractivity contribution in [3.05, 3.63) is 0 Å². The molecular weight excluding hydrogens is 196 g/mol. The summed E-state index contributed by atoms with van der Waals surface area (Å²) in [6.07, 6.45) is 8.61. The Hall–Kier alpha value is -0.0400. The number of unbranched alkanes of at least 4 members (excludes halogenated alkanes) is 2.